The van der Waals surface area contributed by atoms with Gasteiger partial charge in [-0.15, -0.1) is 0 Å². The lowest BCUT2D eigenvalue weighted by Crippen LogP contribution is -2.50. The van der Waals surface area contributed by atoms with Gasteiger partial charge in [-0.1, -0.05) is 6.58 Å². The zero-order valence-electron chi connectivity index (χ0n) is 22.5. The summed E-state index contributed by atoms with van der Waals surface area (Å²) >= 11 is 0. The Morgan fingerprint density at radius 2 is 2.03 bits per heavy atom. The number of hydrogen-bond donors (Lipinski definition) is 2. The maximum atomic E-state index is 12.8. The van der Waals surface area contributed by atoms with Crippen LogP contribution in [-0.2, 0) is 9.47 Å². The number of carbonyl (C=O) groups excluding carboxylic acids is 2. The predicted molar refractivity (Wildman–Crippen MR) is 144 cm³/mol. The molecule has 2 atom stereocenters. The van der Waals surface area contributed by atoms with Crippen LogP contribution in [0.3, 0.4) is 0 Å². The van der Waals surface area contributed by atoms with Crippen molar-refractivity contribution in [3.05, 3.63) is 37.0 Å². The van der Waals surface area contributed by atoms with Crippen molar-refractivity contribution in [2.45, 2.75) is 31.9 Å². The third-order valence-corrected chi connectivity index (χ3v) is 6.43. The fourth-order valence-corrected chi connectivity index (χ4v) is 4.28. The van der Waals surface area contributed by atoms with Crippen LogP contribution in [0.2, 0.25) is 0 Å². The summed E-state index contributed by atoms with van der Waals surface area (Å²) in [6.45, 7) is 9.37. The van der Waals surface area contributed by atoms with Crippen molar-refractivity contribution in [1.29, 1.82) is 0 Å². The van der Waals surface area contributed by atoms with Gasteiger partial charge in [0.15, 0.2) is 5.82 Å². The molecule has 2 aromatic heterocycles. The van der Waals surface area contributed by atoms with E-state index in [2.05, 4.69) is 42.0 Å². The fourth-order valence-electron chi connectivity index (χ4n) is 4.28. The summed E-state index contributed by atoms with van der Waals surface area (Å²) in [5, 5.41) is 5.39. The first-order valence-electron chi connectivity index (χ1n) is 12.9. The number of ether oxygens (including phenoxy) is 3. The van der Waals surface area contributed by atoms with Gasteiger partial charge in [0.2, 0.25) is 11.8 Å². The Balaban J connectivity index is 1.31. The Morgan fingerprint density at radius 3 is 2.77 bits per heavy atom. The quantitative estimate of drug-likeness (QED) is 0.474. The molecule has 0 saturated carbocycles. The monoisotopic (exact) mass is 541 g/mol. The summed E-state index contributed by atoms with van der Waals surface area (Å²) in [7, 11) is 3.71. The summed E-state index contributed by atoms with van der Waals surface area (Å²) in [6, 6.07) is 1.20. The zero-order valence-corrected chi connectivity index (χ0v) is 22.5. The van der Waals surface area contributed by atoms with Crippen molar-refractivity contribution in [3.63, 3.8) is 0 Å². The van der Waals surface area contributed by atoms with E-state index in [1.165, 1.54) is 12.4 Å². The molecule has 39 heavy (non-hydrogen) atoms. The minimum atomic E-state index is -0.702. The number of morpholine rings is 1. The number of rotatable bonds is 8. The van der Waals surface area contributed by atoms with Gasteiger partial charge >= 0.3 is 12.1 Å². The second kappa shape index (κ2) is 13.2. The minimum Gasteiger partial charge on any atom is -0.477 e. The molecule has 2 aliphatic rings. The number of urea groups is 1. The third kappa shape index (κ3) is 7.74. The number of aromatic nitrogens is 4. The molecule has 4 heterocycles. The molecular formula is C25H35N9O5. The maximum absolute atomic E-state index is 12.8. The average molecular weight is 542 g/mol. The smallest absolute Gasteiger partial charge is 0.418 e. The first kappa shape index (κ1) is 28.0. The molecule has 2 aromatic rings. The van der Waals surface area contributed by atoms with Gasteiger partial charge in [-0.3, -0.25) is 10.6 Å². The van der Waals surface area contributed by atoms with Gasteiger partial charge in [-0.05, 0) is 32.9 Å². The van der Waals surface area contributed by atoms with Crippen molar-refractivity contribution in [2.75, 3.05) is 69.0 Å². The first-order chi connectivity index (χ1) is 18.8. The molecule has 210 valence electrons. The molecule has 0 spiro atoms. The van der Waals surface area contributed by atoms with E-state index in [0.717, 1.165) is 19.4 Å². The Bertz CT molecular complexity index is 1150. The Labute approximate surface area is 227 Å². The molecule has 3 amide bonds. The van der Waals surface area contributed by atoms with E-state index in [1.54, 1.807) is 24.2 Å². The molecule has 2 N–H and O–H groups in total. The highest BCUT2D eigenvalue weighted by Crippen LogP contribution is 2.21. The number of hydrogen-bond acceptors (Lipinski definition) is 11. The SMILES string of the molecule is C=C(OC(=O)Nc1ccnc(N2CCC[C@@H](N(C)C(=O)Nc3cnc(OCC)cn3)C2)n1)[C@@H]1CN(C)CCO1. The summed E-state index contributed by atoms with van der Waals surface area (Å²) in [5.41, 5.74) is 0. The number of nitrogens with zero attached hydrogens (tertiary/aromatic N) is 7. The average Bonchev–Trinajstić information content (AvgIpc) is 2.94. The van der Waals surface area contributed by atoms with Crippen molar-refractivity contribution in [2.24, 2.45) is 0 Å². The molecule has 0 radical (unpaired) electrons. The van der Waals surface area contributed by atoms with E-state index in [9.17, 15) is 9.59 Å². The Hall–Kier alpha value is -4.04. The lowest BCUT2D eigenvalue weighted by molar-refractivity contribution is -0.0194. The standard InChI is InChI=1S/C25H35N9O5/c1-5-37-22-14-27-21(13-28-22)30-24(35)33(4)18-7-6-10-34(15-18)23-26-9-8-20(29-23)31-25(36)39-17(2)19-16-32(3)11-12-38-19/h8-9,13-14,18-19H,2,5-7,10-12,15-16H2,1,3-4H3,(H,27,30,35)(H,26,29,31,36)/t18-,19+/m1/s1. The molecule has 0 aliphatic carbocycles. The van der Waals surface area contributed by atoms with Gasteiger partial charge in [0, 0.05) is 39.4 Å². The van der Waals surface area contributed by atoms with Crippen LogP contribution in [0.25, 0.3) is 0 Å². The fraction of sp³-hybridized carbons (Fsp3) is 0.520. The minimum absolute atomic E-state index is 0.0865. The molecule has 2 aliphatic heterocycles. The van der Waals surface area contributed by atoms with E-state index >= 15 is 0 Å². The third-order valence-electron chi connectivity index (χ3n) is 6.43. The van der Waals surface area contributed by atoms with Crippen LogP contribution < -0.4 is 20.3 Å². The van der Waals surface area contributed by atoms with Crippen molar-refractivity contribution < 1.29 is 23.8 Å². The van der Waals surface area contributed by atoms with Gasteiger partial charge in [0.05, 0.1) is 31.6 Å². The lowest BCUT2D eigenvalue weighted by Gasteiger charge is -2.37. The second-order valence-electron chi connectivity index (χ2n) is 9.30. The van der Waals surface area contributed by atoms with Crippen LogP contribution in [0.1, 0.15) is 19.8 Å². The number of anilines is 3. The summed E-state index contributed by atoms with van der Waals surface area (Å²) in [4.78, 5) is 48.1. The van der Waals surface area contributed by atoms with E-state index in [-0.39, 0.29) is 23.9 Å². The number of carbonyl (C=O) groups is 2. The number of likely N-dealkylation sites (N-methyl/N-ethyl adjacent to an activating group) is 2. The number of piperidine rings is 1. The lowest BCUT2D eigenvalue weighted by atomic mass is 10.1. The van der Waals surface area contributed by atoms with Crippen LogP contribution in [0.5, 0.6) is 5.88 Å². The van der Waals surface area contributed by atoms with E-state index in [4.69, 9.17) is 14.2 Å². The maximum Gasteiger partial charge on any atom is 0.418 e. The van der Waals surface area contributed by atoms with Gasteiger partial charge in [-0.25, -0.2) is 24.5 Å². The van der Waals surface area contributed by atoms with Crippen molar-refractivity contribution in [1.82, 2.24) is 29.7 Å². The second-order valence-corrected chi connectivity index (χ2v) is 9.30. The van der Waals surface area contributed by atoms with Crippen LogP contribution >= 0.6 is 0 Å². The number of nitrogens with one attached hydrogen (secondary N) is 2. The van der Waals surface area contributed by atoms with Crippen molar-refractivity contribution >= 4 is 29.7 Å². The molecule has 14 heteroatoms. The zero-order chi connectivity index (χ0) is 27.8. The van der Waals surface area contributed by atoms with Gasteiger partial charge in [-0.2, -0.15) is 4.98 Å². The summed E-state index contributed by atoms with van der Waals surface area (Å²) in [5.74, 6) is 1.71. The van der Waals surface area contributed by atoms with Crippen LogP contribution in [0, 0.1) is 0 Å². The highest BCUT2D eigenvalue weighted by atomic mass is 16.6. The molecule has 14 nitrogen and oxygen atoms in total. The van der Waals surface area contributed by atoms with E-state index in [1.807, 2.05) is 18.9 Å². The molecule has 4 rings (SSSR count). The van der Waals surface area contributed by atoms with Crippen LogP contribution in [0.15, 0.2) is 37.0 Å². The largest absolute Gasteiger partial charge is 0.477 e. The Kier molecular flexibility index (Phi) is 9.44. The number of amides is 3. The molecule has 0 bridgehead atoms. The van der Waals surface area contributed by atoms with Crippen LogP contribution in [0.4, 0.5) is 27.2 Å². The summed E-state index contributed by atoms with van der Waals surface area (Å²) < 4.78 is 16.2. The highest BCUT2D eigenvalue weighted by Gasteiger charge is 2.28. The van der Waals surface area contributed by atoms with E-state index in [0.29, 0.717) is 56.3 Å². The highest BCUT2D eigenvalue weighted by molar-refractivity contribution is 5.88. The normalized spacial score (nSPS) is 19.6. The van der Waals surface area contributed by atoms with Gasteiger partial charge in [0.1, 0.15) is 17.7 Å². The van der Waals surface area contributed by atoms with E-state index < -0.39 is 6.09 Å². The first-order valence-corrected chi connectivity index (χ1v) is 12.9. The molecular weight excluding hydrogens is 506 g/mol. The van der Waals surface area contributed by atoms with Gasteiger partial charge < -0.3 is 28.9 Å². The molecule has 2 saturated heterocycles. The molecule has 2 fully saturated rings. The Morgan fingerprint density at radius 1 is 1.18 bits per heavy atom. The van der Waals surface area contributed by atoms with Crippen LogP contribution in [-0.4, -0.2) is 107 Å². The van der Waals surface area contributed by atoms with Crippen molar-refractivity contribution in [3.8, 4) is 5.88 Å². The van der Waals surface area contributed by atoms with Gasteiger partial charge in [0.25, 0.3) is 0 Å². The topological polar surface area (TPSA) is 147 Å². The summed E-state index contributed by atoms with van der Waals surface area (Å²) in [6.07, 6.45) is 5.06. The predicted octanol–water partition coefficient (Wildman–Crippen LogP) is 2.19. The molecule has 0 aromatic carbocycles. The molecule has 0 unspecified atom stereocenters.